The molecule has 0 aliphatic heterocycles. The van der Waals surface area contributed by atoms with Crippen LogP contribution in [0.1, 0.15) is 22.7 Å². The van der Waals surface area contributed by atoms with Crippen molar-refractivity contribution in [1.82, 2.24) is 0 Å². The van der Waals surface area contributed by atoms with Crippen molar-refractivity contribution >= 4 is 0 Å². The van der Waals surface area contributed by atoms with Gasteiger partial charge in [-0.1, -0.05) is 36.4 Å². The summed E-state index contributed by atoms with van der Waals surface area (Å²) in [5.41, 5.74) is 8.93. The number of nitrogens with two attached hydrogens (primary N) is 1. The van der Waals surface area contributed by atoms with Crippen LogP contribution in [0.2, 0.25) is 0 Å². The Hall–Kier alpha value is -1.87. The standard InChI is InChI=1S/C16H18FNO/c1-11-6-3-4-8-13(11)14(18)10-12-7-5-9-15(19-2)16(12)17/h3-9,14H,10,18H2,1-2H3. The van der Waals surface area contributed by atoms with E-state index in [0.29, 0.717) is 12.0 Å². The van der Waals surface area contributed by atoms with Gasteiger partial charge in [-0.3, -0.25) is 0 Å². The first-order chi connectivity index (χ1) is 9.13. The molecule has 2 aromatic rings. The van der Waals surface area contributed by atoms with Crippen molar-refractivity contribution in [3.63, 3.8) is 0 Å². The molecule has 0 spiro atoms. The molecule has 2 nitrogen and oxygen atoms in total. The van der Waals surface area contributed by atoms with Crippen molar-refractivity contribution in [3.05, 3.63) is 65.0 Å². The highest BCUT2D eigenvalue weighted by molar-refractivity contribution is 5.34. The lowest BCUT2D eigenvalue weighted by molar-refractivity contribution is 0.383. The van der Waals surface area contributed by atoms with E-state index in [1.807, 2.05) is 31.2 Å². The molecule has 2 N–H and O–H groups in total. The number of hydrogen-bond acceptors (Lipinski definition) is 2. The van der Waals surface area contributed by atoms with Gasteiger partial charge in [-0.05, 0) is 36.1 Å². The SMILES string of the molecule is COc1cccc(CC(N)c2ccccc2C)c1F. The molecule has 0 amide bonds. The van der Waals surface area contributed by atoms with Crippen molar-refractivity contribution < 1.29 is 9.13 Å². The average molecular weight is 259 g/mol. The second kappa shape index (κ2) is 5.85. The number of ether oxygens (including phenoxy) is 1. The van der Waals surface area contributed by atoms with Gasteiger partial charge < -0.3 is 10.5 Å². The number of hydrogen-bond donors (Lipinski definition) is 1. The predicted molar refractivity (Wildman–Crippen MR) is 74.8 cm³/mol. The molecule has 2 rings (SSSR count). The largest absolute Gasteiger partial charge is 0.494 e. The second-order valence-electron chi connectivity index (χ2n) is 4.60. The molecule has 0 bridgehead atoms. The molecule has 19 heavy (non-hydrogen) atoms. The van der Waals surface area contributed by atoms with Gasteiger partial charge in [-0.25, -0.2) is 4.39 Å². The van der Waals surface area contributed by atoms with Crippen LogP contribution in [-0.4, -0.2) is 7.11 Å². The number of benzene rings is 2. The van der Waals surface area contributed by atoms with Crippen LogP contribution in [0.25, 0.3) is 0 Å². The van der Waals surface area contributed by atoms with E-state index in [2.05, 4.69) is 0 Å². The topological polar surface area (TPSA) is 35.2 Å². The molecule has 3 heteroatoms. The van der Waals surface area contributed by atoms with E-state index in [1.54, 1.807) is 18.2 Å². The van der Waals surface area contributed by atoms with E-state index in [9.17, 15) is 4.39 Å². The summed E-state index contributed by atoms with van der Waals surface area (Å²) in [7, 11) is 1.46. The van der Waals surface area contributed by atoms with Gasteiger partial charge in [0.1, 0.15) is 0 Å². The maximum Gasteiger partial charge on any atom is 0.168 e. The molecule has 0 saturated heterocycles. The molecule has 0 fully saturated rings. The van der Waals surface area contributed by atoms with E-state index in [4.69, 9.17) is 10.5 Å². The van der Waals surface area contributed by atoms with Crippen LogP contribution >= 0.6 is 0 Å². The number of aryl methyl sites for hydroxylation is 1. The number of halogens is 1. The number of methoxy groups -OCH3 is 1. The molecular weight excluding hydrogens is 241 g/mol. The third kappa shape index (κ3) is 2.93. The van der Waals surface area contributed by atoms with Crippen molar-refractivity contribution in [2.45, 2.75) is 19.4 Å². The fourth-order valence-corrected chi connectivity index (χ4v) is 2.22. The van der Waals surface area contributed by atoms with Gasteiger partial charge in [0.25, 0.3) is 0 Å². The molecule has 0 saturated carbocycles. The Morgan fingerprint density at radius 1 is 1.16 bits per heavy atom. The summed E-state index contributed by atoms with van der Waals surface area (Å²) in [6.45, 7) is 2.01. The summed E-state index contributed by atoms with van der Waals surface area (Å²) in [5, 5.41) is 0. The highest BCUT2D eigenvalue weighted by Crippen LogP contribution is 2.25. The average Bonchev–Trinajstić information content (AvgIpc) is 2.41. The zero-order valence-corrected chi connectivity index (χ0v) is 11.2. The molecule has 0 aromatic heterocycles. The maximum atomic E-state index is 14.1. The van der Waals surface area contributed by atoms with E-state index >= 15 is 0 Å². The van der Waals surface area contributed by atoms with Crippen LogP contribution in [0.4, 0.5) is 4.39 Å². The summed E-state index contributed by atoms with van der Waals surface area (Å²) >= 11 is 0. The first-order valence-corrected chi connectivity index (χ1v) is 6.26. The zero-order valence-electron chi connectivity index (χ0n) is 11.2. The molecule has 2 aromatic carbocycles. The Morgan fingerprint density at radius 3 is 2.58 bits per heavy atom. The molecule has 0 aliphatic carbocycles. The Bertz CT molecular complexity index is 568. The zero-order chi connectivity index (χ0) is 13.8. The van der Waals surface area contributed by atoms with Gasteiger partial charge in [0, 0.05) is 6.04 Å². The van der Waals surface area contributed by atoms with Crippen molar-refractivity contribution in [2.75, 3.05) is 7.11 Å². The van der Waals surface area contributed by atoms with Crippen molar-refractivity contribution in [2.24, 2.45) is 5.73 Å². The first kappa shape index (κ1) is 13.6. The summed E-state index contributed by atoms with van der Waals surface area (Å²) in [4.78, 5) is 0. The monoisotopic (exact) mass is 259 g/mol. The predicted octanol–water partition coefficient (Wildman–Crippen LogP) is 3.39. The van der Waals surface area contributed by atoms with Crippen LogP contribution in [0.3, 0.4) is 0 Å². The molecule has 1 atom stereocenters. The molecule has 0 aliphatic rings. The Labute approximate surface area is 113 Å². The third-order valence-electron chi connectivity index (χ3n) is 3.29. The van der Waals surface area contributed by atoms with Gasteiger partial charge in [0.05, 0.1) is 7.11 Å². The van der Waals surface area contributed by atoms with Gasteiger partial charge in [-0.15, -0.1) is 0 Å². The Balaban J connectivity index is 2.24. The minimum Gasteiger partial charge on any atom is -0.494 e. The normalized spacial score (nSPS) is 12.2. The van der Waals surface area contributed by atoms with Crippen LogP contribution < -0.4 is 10.5 Å². The highest BCUT2D eigenvalue weighted by Gasteiger charge is 2.14. The minimum absolute atomic E-state index is 0.220. The van der Waals surface area contributed by atoms with Crippen molar-refractivity contribution in [1.29, 1.82) is 0 Å². The first-order valence-electron chi connectivity index (χ1n) is 6.26. The molecule has 100 valence electrons. The molecular formula is C16H18FNO. The van der Waals surface area contributed by atoms with E-state index in [0.717, 1.165) is 11.1 Å². The summed E-state index contributed by atoms with van der Waals surface area (Å²) in [6.07, 6.45) is 0.452. The quantitative estimate of drug-likeness (QED) is 0.913. The molecule has 1 unspecified atom stereocenters. The van der Waals surface area contributed by atoms with Crippen LogP contribution in [0.15, 0.2) is 42.5 Å². The molecule has 0 heterocycles. The van der Waals surface area contributed by atoms with Crippen molar-refractivity contribution in [3.8, 4) is 5.75 Å². The Morgan fingerprint density at radius 2 is 1.89 bits per heavy atom. The van der Waals surface area contributed by atoms with E-state index in [-0.39, 0.29) is 17.6 Å². The van der Waals surface area contributed by atoms with Crippen LogP contribution in [-0.2, 0) is 6.42 Å². The van der Waals surface area contributed by atoms with Gasteiger partial charge in [0.15, 0.2) is 11.6 Å². The number of rotatable bonds is 4. The molecule has 0 radical (unpaired) electrons. The Kier molecular flexibility index (Phi) is 4.17. The van der Waals surface area contributed by atoms with E-state index < -0.39 is 0 Å². The summed E-state index contributed by atoms with van der Waals surface area (Å²) < 4.78 is 19.0. The van der Waals surface area contributed by atoms with Crippen LogP contribution in [0, 0.1) is 12.7 Å². The van der Waals surface area contributed by atoms with Gasteiger partial charge in [-0.2, -0.15) is 0 Å². The van der Waals surface area contributed by atoms with Crippen LogP contribution in [0.5, 0.6) is 5.75 Å². The summed E-state index contributed by atoms with van der Waals surface area (Å²) in [5.74, 6) is -0.0662. The van der Waals surface area contributed by atoms with E-state index in [1.165, 1.54) is 7.11 Å². The van der Waals surface area contributed by atoms with Gasteiger partial charge >= 0.3 is 0 Å². The third-order valence-corrected chi connectivity index (χ3v) is 3.29. The maximum absolute atomic E-state index is 14.1. The summed E-state index contributed by atoms with van der Waals surface area (Å²) in [6, 6.07) is 12.8. The van der Waals surface area contributed by atoms with Gasteiger partial charge in [0.2, 0.25) is 0 Å². The minimum atomic E-state index is -0.325. The fraction of sp³-hybridized carbons (Fsp3) is 0.250. The lowest BCUT2D eigenvalue weighted by atomic mass is 9.96. The lowest BCUT2D eigenvalue weighted by Crippen LogP contribution is -2.15. The lowest BCUT2D eigenvalue weighted by Gasteiger charge is -2.16. The smallest absolute Gasteiger partial charge is 0.168 e. The highest BCUT2D eigenvalue weighted by atomic mass is 19.1. The fourth-order valence-electron chi connectivity index (χ4n) is 2.22. The second-order valence-corrected chi connectivity index (χ2v) is 4.60.